The lowest BCUT2D eigenvalue weighted by molar-refractivity contribution is -0.155. The van der Waals surface area contributed by atoms with E-state index < -0.39 is 16.9 Å². The number of carbonyl (C=O) groups excluding carboxylic acids is 1. The normalized spacial score (nSPS) is 12.6. The minimum Gasteiger partial charge on any atom is -0.755 e. The third kappa shape index (κ3) is 8.32. The first kappa shape index (κ1) is 21.6. The number of rotatable bonds is 8. The highest BCUT2D eigenvalue weighted by molar-refractivity contribution is 7.80. The van der Waals surface area contributed by atoms with E-state index in [9.17, 15) is 13.6 Å². The van der Waals surface area contributed by atoms with Gasteiger partial charge in [0.1, 0.15) is 12.1 Å². The Morgan fingerprint density at radius 2 is 1.96 bits per heavy atom. The molecule has 0 aliphatic rings. The van der Waals surface area contributed by atoms with Crippen molar-refractivity contribution in [3.63, 3.8) is 0 Å². The minimum absolute atomic E-state index is 0.0825. The van der Waals surface area contributed by atoms with E-state index in [4.69, 9.17) is 4.74 Å². The fourth-order valence-corrected chi connectivity index (χ4v) is 2.68. The van der Waals surface area contributed by atoms with Crippen molar-refractivity contribution in [2.24, 2.45) is 0 Å². The first-order valence-electron chi connectivity index (χ1n) is 8.71. The maximum atomic E-state index is 12.2. The number of anilines is 1. The van der Waals surface area contributed by atoms with Crippen molar-refractivity contribution < 1.29 is 18.3 Å². The molecule has 1 unspecified atom stereocenters. The average molecular weight is 402 g/mol. The van der Waals surface area contributed by atoms with Gasteiger partial charge in [0.2, 0.25) is 0 Å². The lowest BCUT2D eigenvalue weighted by atomic mass is 10.2. The molecule has 1 aromatic carbocycles. The lowest BCUT2D eigenvalue weighted by Crippen LogP contribution is -2.32. The quantitative estimate of drug-likeness (QED) is 0.539. The van der Waals surface area contributed by atoms with Gasteiger partial charge >= 0.3 is 5.97 Å². The number of aromatic nitrogens is 1. The van der Waals surface area contributed by atoms with Crippen LogP contribution in [0.15, 0.2) is 54.9 Å². The van der Waals surface area contributed by atoms with Crippen LogP contribution in [0.2, 0.25) is 0 Å². The molecule has 0 radical (unpaired) electrons. The molecule has 0 amide bonds. The van der Waals surface area contributed by atoms with Crippen LogP contribution in [-0.4, -0.2) is 36.8 Å². The van der Waals surface area contributed by atoms with E-state index >= 15 is 0 Å². The summed E-state index contributed by atoms with van der Waals surface area (Å²) in [6.07, 6.45) is 5.34. The highest BCUT2D eigenvalue weighted by atomic mass is 32.2. The van der Waals surface area contributed by atoms with Gasteiger partial charge in [-0.15, -0.1) is 0 Å². The Morgan fingerprint density at radius 1 is 1.25 bits per heavy atom. The summed E-state index contributed by atoms with van der Waals surface area (Å²) < 4.78 is 29.0. The number of nitrogens with zero attached hydrogens (tertiary/aromatic N) is 2. The maximum absolute atomic E-state index is 12.2. The van der Waals surface area contributed by atoms with Crippen LogP contribution >= 0.6 is 0 Å². The summed E-state index contributed by atoms with van der Waals surface area (Å²) in [6, 6.07) is 12.5. The van der Waals surface area contributed by atoms with Crippen LogP contribution in [0.1, 0.15) is 32.0 Å². The van der Waals surface area contributed by atoms with Crippen LogP contribution in [0, 0.1) is 0 Å². The van der Waals surface area contributed by atoms with E-state index in [1.807, 2.05) is 49.9 Å². The van der Waals surface area contributed by atoms with Crippen molar-refractivity contribution in [3.8, 4) is 0 Å². The molecule has 0 saturated heterocycles. The SMILES string of the molecule is CC(C)(C)OC(=O)CN(C=Cc1ccc(NS(=O)[O-])cc1)Cc1ccccn1. The van der Waals surface area contributed by atoms with Crippen LogP contribution in [0.25, 0.3) is 6.08 Å². The largest absolute Gasteiger partial charge is 0.755 e. The van der Waals surface area contributed by atoms with Gasteiger partial charge in [-0.3, -0.25) is 14.0 Å². The number of nitrogens with one attached hydrogen (secondary N) is 1. The highest BCUT2D eigenvalue weighted by Crippen LogP contribution is 2.13. The second-order valence-electron chi connectivity index (χ2n) is 7.09. The van der Waals surface area contributed by atoms with Crippen LogP contribution in [0.4, 0.5) is 5.69 Å². The van der Waals surface area contributed by atoms with Crippen molar-refractivity contribution >= 4 is 29.0 Å². The zero-order chi connectivity index (χ0) is 20.6. The second kappa shape index (κ2) is 10.0. The van der Waals surface area contributed by atoms with Crippen molar-refractivity contribution in [3.05, 3.63) is 66.1 Å². The molecule has 2 rings (SSSR count). The van der Waals surface area contributed by atoms with Crippen LogP contribution < -0.4 is 4.72 Å². The number of ether oxygens (including phenoxy) is 1. The number of hydrogen-bond donors (Lipinski definition) is 1. The summed E-state index contributed by atoms with van der Waals surface area (Å²) in [7, 11) is 0. The monoisotopic (exact) mass is 402 g/mol. The standard InChI is InChI=1S/C20H25N3O4S/c1-20(2,3)27-19(24)15-23(14-18-6-4-5-12-21-18)13-11-16-7-9-17(10-8-16)22-28(25)26/h4-13,22H,14-15H2,1-3H3,(H,25,26)/p-1. The molecule has 0 aliphatic carbocycles. The summed E-state index contributed by atoms with van der Waals surface area (Å²) in [6.45, 7) is 6.02. The van der Waals surface area contributed by atoms with Crippen molar-refractivity contribution in [1.82, 2.24) is 9.88 Å². The van der Waals surface area contributed by atoms with Gasteiger partial charge in [-0.2, -0.15) is 0 Å². The first-order valence-corrected chi connectivity index (χ1v) is 9.79. The fraction of sp³-hybridized carbons (Fsp3) is 0.300. The molecule has 7 nitrogen and oxygen atoms in total. The van der Waals surface area contributed by atoms with Gasteiger partial charge in [0.25, 0.3) is 0 Å². The summed E-state index contributed by atoms with van der Waals surface area (Å²) in [5.74, 6) is -0.328. The summed E-state index contributed by atoms with van der Waals surface area (Å²) in [4.78, 5) is 18.3. The molecule has 8 heteroatoms. The predicted molar refractivity (Wildman–Crippen MR) is 109 cm³/mol. The van der Waals surface area contributed by atoms with E-state index in [0.717, 1.165) is 11.3 Å². The molecule has 28 heavy (non-hydrogen) atoms. The zero-order valence-corrected chi connectivity index (χ0v) is 16.9. The number of esters is 1. The van der Waals surface area contributed by atoms with Gasteiger partial charge in [-0.05, 0) is 56.7 Å². The molecule has 150 valence electrons. The Bertz CT molecular complexity index is 818. The molecular weight excluding hydrogens is 378 g/mol. The third-order valence-corrected chi connectivity index (χ3v) is 3.84. The van der Waals surface area contributed by atoms with Gasteiger partial charge in [0.05, 0.1) is 12.2 Å². The van der Waals surface area contributed by atoms with Crippen molar-refractivity contribution in [2.75, 3.05) is 11.3 Å². The highest BCUT2D eigenvalue weighted by Gasteiger charge is 2.18. The van der Waals surface area contributed by atoms with E-state index in [1.54, 1.807) is 36.7 Å². The first-order chi connectivity index (χ1) is 13.2. The molecule has 1 atom stereocenters. The summed E-state index contributed by atoms with van der Waals surface area (Å²) in [5.41, 5.74) is 1.61. The molecule has 1 heterocycles. The number of hydrogen-bond acceptors (Lipinski definition) is 6. The van der Waals surface area contributed by atoms with Gasteiger partial charge in [-0.1, -0.05) is 18.2 Å². The topological polar surface area (TPSA) is 94.6 Å². The van der Waals surface area contributed by atoms with Crippen molar-refractivity contribution in [2.45, 2.75) is 32.9 Å². The van der Waals surface area contributed by atoms with Crippen LogP contribution in [0.5, 0.6) is 0 Å². The lowest BCUT2D eigenvalue weighted by Gasteiger charge is -2.24. The van der Waals surface area contributed by atoms with E-state index in [0.29, 0.717) is 12.2 Å². The smallest absolute Gasteiger partial charge is 0.326 e. The molecule has 1 aromatic heterocycles. The predicted octanol–water partition coefficient (Wildman–Crippen LogP) is 3.10. The molecular formula is C20H24N3O4S-. The number of benzene rings is 1. The summed E-state index contributed by atoms with van der Waals surface area (Å²) in [5, 5.41) is 0. The molecule has 1 N–H and O–H groups in total. The zero-order valence-electron chi connectivity index (χ0n) is 16.1. The Kier molecular flexibility index (Phi) is 7.71. The molecule has 0 spiro atoms. The maximum Gasteiger partial charge on any atom is 0.326 e. The Balaban J connectivity index is 2.10. The second-order valence-corrected chi connectivity index (χ2v) is 7.76. The van der Waals surface area contributed by atoms with Gasteiger partial charge in [0.15, 0.2) is 0 Å². The van der Waals surface area contributed by atoms with Gasteiger partial charge < -0.3 is 18.9 Å². The molecule has 0 fully saturated rings. The molecule has 2 aromatic rings. The third-order valence-electron chi connectivity index (χ3n) is 3.43. The Labute approximate surface area is 167 Å². The van der Waals surface area contributed by atoms with Crippen LogP contribution in [-0.2, 0) is 27.3 Å². The summed E-state index contributed by atoms with van der Waals surface area (Å²) >= 11 is -2.36. The number of pyridine rings is 1. The molecule has 0 saturated carbocycles. The van der Waals surface area contributed by atoms with Gasteiger partial charge in [0, 0.05) is 29.4 Å². The van der Waals surface area contributed by atoms with Crippen molar-refractivity contribution in [1.29, 1.82) is 0 Å². The Morgan fingerprint density at radius 3 is 2.54 bits per heavy atom. The van der Waals surface area contributed by atoms with Crippen LogP contribution in [0.3, 0.4) is 0 Å². The fourth-order valence-electron chi connectivity index (χ4n) is 2.35. The number of carbonyl (C=O) groups is 1. The minimum atomic E-state index is -2.36. The Hall–Kier alpha value is -2.71. The van der Waals surface area contributed by atoms with Gasteiger partial charge in [-0.25, -0.2) is 0 Å². The van der Waals surface area contributed by atoms with E-state index in [1.165, 1.54) is 0 Å². The average Bonchev–Trinajstić information content (AvgIpc) is 2.59. The molecule has 0 bridgehead atoms. The van der Waals surface area contributed by atoms with E-state index in [-0.39, 0.29) is 12.5 Å². The molecule has 0 aliphatic heterocycles. The van der Waals surface area contributed by atoms with E-state index in [2.05, 4.69) is 9.71 Å².